The predicted octanol–water partition coefficient (Wildman–Crippen LogP) is 3.51. The number of hydrogen-bond donors (Lipinski definition) is 2. The van der Waals surface area contributed by atoms with Gasteiger partial charge in [-0.05, 0) is 56.7 Å². The molecule has 3 aromatic carbocycles. The van der Waals surface area contributed by atoms with Gasteiger partial charge in [0.25, 0.3) is 0 Å². The molecule has 1 saturated heterocycles. The quantitative estimate of drug-likeness (QED) is 0.660. The molecular formula is C22H23B2FN2O2. The molecule has 4 nitrogen and oxygen atoms in total. The third kappa shape index (κ3) is 2.92. The van der Waals surface area contributed by atoms with Gasteiger partial charge in [0.2, 0.25) is 0 Å². The average molecular weight is 388 g/mol. The minimum Gasteiger partial charge on any atom is -0.405 e. The van der Waals surface area contributed by atoms with Gasteiger partial charge in [0.15, 0.2) is 0 Å². The van der Waals surface area contributed by atoms with Gasteiger partial charge in [0.1, 0.15) is 5.82 Å². The van der Waals surface area contributed by atoms with Crippen molar-refractivity contribution in [3.05, 3.63) is 60.4 Å². The van der Waals surface area contributed by atoms with Crippen LogP contribution in [0.15, 0.2) is 54.6 Å². The first kappa shape index (κ1) is 18.5. The van der Waals surface area contributed by atoms with Crippen LogP contribution in [0, 0.1) is 5.82 Å². The largest absolute Gasteiger partial charge is 0.497 e. The summed E-state index contributed by atoms with van der Waals surface area (Å²) < 4.78 is 26.9. The van der Waals surface area contributed by atoms with Gasteiger partial charge >= 0.3 is 14.1 Å². The molecule has 3 aromatic rings. The third-order valence-electron chi connectivity index (χ3n) is 6.36. The molecular weight excluding hydrogens is 365 g/mol. The first-order valence-electron chi connectivity index (χ1n) is 9.95. The normalized spacial score (nSPS) is 19.2. The van der Waals surface area contributed by atoms with Crippen LogP contribution in [0.25, 0.3) is 10.8 Å². The number of anilines is 2. The van der Waals surface area contributed by atoms with Crippen molar-refractivity contribution in [3.63, 3.8) is 0 Å². The van der Waals surface area contributed by atoms with Crippen molar-refractivity contribution in [1.82, 2.24) is 0 Å². The fourth-order valence-electron chi connectivity index (χ4n) is 3.99. The summed E-state index contributed by atoms with van der Waals surface area (Å²) in [6.07, 6.45) is 0. The standard InChI is InChI=1S/C22H23B2FN2O2/c1-21(2)22(3,4)29-24(28-21)16-13-15(11-12-17(16)25)23-26-18-9-5-7-14-8-6-10-19(27-23)20(14)18/h5-13,26-27H,1-4H3. The second kappa shape index (κ2) is 6.25. The van der Waals surface area contributed by atoms with Crippen molar-refractivity contribution < 1.29 is 13.7 Å². The van der Waals surface area contributed by atoms with Crippen LogP contribution in [0.2, 0.25) is 0 Å². The van der Waals surface area contributed by atoms with E-state index in [4.69, 9.17) is 9.31 Å². The topological polar surface area (TPSA) is 42.5 Å². The van der Waals surface area contributed by atoms with Crippen molar-refractivity contribution >= 4 is 47.2 Å². The number of nitrogens with one attached hydrogen (secondary N) is 2. The molecule has 0 radical (unpaired) electrons. The predicted molar refractivity (Wildman–Crippen MR) is 119 cm³/mol. The number of hydrogen-bond acceptors (Lipinski definition) is 4. The first-order valence-corrected chi connectivity index (χ1v) is 9.95. The maximum atomic E-state index is 14.7. The van der Waals surface area contributed by atoms with E-state index in [2.05, 4.69) is 34.7 Å². The highest BCUT2D eigenvalue weighted by Gasteiger charge is 2.52. The van der Waals surface area contributed by atoms with Gasteiger partial charge in [-0.15, -0.1) is 0 Å². The molecule has 2 aliphatic rings. The summed E-state index contributed by atoms with van der Waals surface area (Å²) >= 11 is 0. The number of halogens is 1. The molecule has 1 fully saturated rings. The Bertz CT molecular complexity index is 1060. The molecule has 0 aromatic heterocycles. The third-order valence-corrected chi connectivity index (χ3v) is 6.36. The van der Waals surface area contributed by atoms with Gasteiger partial charge in [-0.1, -0.05) is 36.4 Å². The van der Waals surface area contributed by atoms with E-state index in [-0.39, 0.29) is 12.8 Å². The number of benzene rings is 3. The molecule has 0 amide bonds. The Balaban J connectivity index is 1.50. The lowest BCUT2D eigenvalue weighted by molar-refractivity contribution is 0.00578. The van der Waals surface area contributed by atoms with Gasteiger partial charge in [-0.25, -0.2) is 4.39 Å². The fourth-order valence-corrected chi connectivity index (χ4v) is 3.99. The van der Waals surface area contributed by atoms with Crippen molar-refractivity contribution in [1.29, 1.82) is 0 Å². The molecule has 146 valence electrons. The van der Waals surface area contributed by atoms with Crippen LogP contribution in [0.1, 0.15) is 27.7 Å². The monoisotopic (exact) mass is 388 g/mol. The van der Waals surface area contributed by atoms with Crippen LogP contribution in [0.3, 0.4) is 0 Å². The van der Waals surface area contributed by atoms with E-state index < -0.39 is 18.3 Å². The Hall–Kier alpha value is -2.50. The molecule has 2 aliphatic heterocycles. The molecule has 0 aliphatic carbocycles. The second-order valence-electron chi connectivity index (χ2n) is 8.80. The Morgan fingerprint density at radius 2 is 1.41 bits per heavy atom. The fraction of sp³-hybridized carbons (Fsp3) is 0.273. The highest BCUT2D eigenvalue weighted by molar-refractivity contribution is 6.80. The maximum absolute atomic E-state index is 14.7. The van der Waals surface area contributed by atoms with Crippen LogP contribution >= 0.6 is 0 Å². The van der Waals surface area contributed by atoms with Gasteiger partial charge in [-0.2, -0.15) is 0 Å². The zero-order valence-corrected chi connectivity index (χ0v) is 17.0. The van der Waals surface area contributed by atoms with Crippen LogP contribution in [0.5, 0.6) is 0 Å². The lowest BCUT2D eigenvalue weighted by Gasteiger charge is -2.32. The molecule has 0 bridgehead atoms. The average Bonchev–Trinajstić information content (AvgIpc) is 2.89. The van der Waals surface area contributed by atoms with Crippen LogP contribution in [-0.4, -0.2) is 25.3 Å². The van der Waals surface area contributed by atoms with Crippen LogP contribution in [0.4, 0.5) is 15.8 Å². The summed E-state index contributed by atoms with van der Waals surface area (Å²) in [5, 5.41) is 9.41. The zero-order valence-electron chi connectivity index (χ0n) is 17.0. The molecule has 0 atom stereocenters. The van der Waals surface area contributed by atoms with E-state index in [1.54, 1.807) is 6.07 Å². The number of rotatable bonds is 2. The summed E-state index contributed by atoms with van der Waals surface area (Å²) in [4.78, 5) is 0. The summed E-state index contributed by atoms with van der Waals surface area (Å²) in [5.74, 6) is -0.328. The lowest BCUT2D eigenvalue weighted by Crippen LogP contribution is -2.50. The summed E-state index contributed by atoms with van der Waals surface area (Å²) in [5.41, 5.74) is 2.42. The van der Waals surface area contributed by atoms with Crippen LogP contribution < -0.4 is 21.4 Å². The van der Waals surface area contributed by atoms with Crippen molar-refractivity contribution in [3.8, 4) is 0 Å². The van der Waals surface area contributed by atoms with E-state index in [1.165, 1.54) is 16.8 Å². The maximum Gasteiger partial charge on any atom is 0.497 e. The minimum atomic E-state index is -0.737. The molecule has 29 heavy (non-hydrogen) atoms. The summed E-state index contributed by atoms with van der Waals surface area (Å²) in [6, 6.07) is 17.5. The van der Waals surface area contributed by atoms with Crippen molar-refractivity contribution in [2.75, 3.05) is 10.5 Å². The molecule has 7 heteroatoms. The SMILES string of the molecule is CC1(C)OB(c2cc(B3Nc4cccc5cccc(c45)N3)ccc2F)OC1(C)C. The Kier molecular flexibility index (Phi) is 3.99. The van der Waals surface area contributed by atoms with Crippen LogP contribution in [-0.2, 0) is 9.31 Å². The van der Waals surface area contributed by atoms with Gasteiger partial charge < -0.3 is 19.8 Å². The van der Waals surface area contributed by atoms with E-state index in [1.807, 2.05) is 45.9 Å². The van der Waals surface area contributed by atoms with E-state index in [9.17, 15) is 4.39 Å². The minimum absolute atomic E-state index is 0.183. The Morgan fingerprint density at radius 1 is 0.828 bits per heavy atom. The second-order valence-corrected chi connectivity index (χ2v) is 8.80. The van der Waals surface area contributed by atoms with Gasteiger partial charge in [0.05, 0.1) is 11.2 Å². The molecule has 2 N–H and O–H groups in total. The Morgan fingerprint density at radius 3 is 2.00 bits per heavy atom. The highest BCUT2D eigenvalue weighted by Crippen LogP contribution is 2.37. The van der Waals surface area contributed by atoms with Gasteiger partial charge in [0, 0.05) is 22.2 Å². The smallest absolute Gasteiger partial charge is 0.405 e. The molecule has 0 unspecified atom stereocenters. The molecule has 5 rings (SSSR count). The van der Waals surface area contributed by atoms with Crippen molar-refractivity contribution in [2.24, 2.45) is 0 Å². The lowest BCUT2D eigenvalue weighted by atomic mass is 9.63. The van der Waals surface area contributed by atoms with Crippen molar-refractivity contribution in [2.45, 2.75) is 38.9 Å². The zero-order chi connectivity index (χ0) is 20.4. The molecule has 0 spiro atoms. The summed E-state index contributed by atoms with van der Waals surface area (Å²) in [6.45, 7) is 7.69. The Labute approximate surface area is 171 Å². The van der Waals surface area contributed by atoms with E-state index in [0.717, 1.165) is 16.8 Å². The molecule has 2 heterocycles. The van der Waals surface area contributed by atoms with E-state index >= 15 is 0 Å². The van der Waals surface area contributed by atoms with E-state index in [0.29, 0.717) is 5.46 Å². The first-order chi connectivity index (χ1) is 13.7. The van der Waals surface area contributed by atoms with Gasteiger partial charge in [-0.3, -0.25) is 0 Å². The molecule has 0 saturated carbocycles. The summed E-state index contributed by atoms with van der Waals surface area (Å²) in [7, 11) is -0.737. The highest BCUT2D eigenvalue weighted by atomic mass is 19.1.